The van der Waals surface area contributed by atoms with Crippen LogP contribution in [0.3, 0.4) is 0 Å². The standard InChI is InChI=1S/C18H26N4O5/c1-22(27-7-6-23-2)18-20-11-13(17(19)21-18)8-12-9-14(24-3)16(26-5)15(10-12)25-4/h9-11H,6-8H2,1-5H3,(H2,19,20,21). The number of nitrogens with two attached hydrogens (primary N) is 1. The molecule has 1 heterocycles. The molecule has 0 saturated carbocycles. The molecule has 0 aliphatic rings. The van der Waals surface area contributed by atoms with Crippen LogP contribution in [0.15, 0.2) is 18.3 Å². The molecule has 2 N–H and O–H groups in total. The summed E-state index contributed by atoms with van der Waals surface area (Å²) >= 11 is 0. The third kappa shape index (κ3) is 5.11. The van der Waals surface area contributed by atoms with E-state index in [1.165, 1.54) is 5.06 Å². The van der Waals surface area contributed by atoms with E-state index in [0.29, 0.717) is 48.6 Å². The zero-order valence-electron chi connectivity index (χ0n) is 16.3. The monoisotopic (exact) mass is 378 g/mol. The van der Waals surface area contributed by atoms with Gasteiger partial charge in [0, 0.05) is 32.3 Å². The molecule has 0 fully saturated rings. The van der Waals surface area contributed by atoms with E-state index in [0.717, 1.165) is 11.1 Å². The van der Waals surface area contributed by atoms with Crippen LogP contribution in [0.25, 0.3) is 0 Å². The molecule has 0 bridgehead atoms. The average molecular weight is 378 g/mol. The number of methoxy groups -OCH3 is 4. The Balaban J connectivity index is 2.20. The maximum Gasteiger partial charge on any atom is 0.251 e. The molecule has 0 aliphatic carbocycles. The van der Waals surface area contributed by atoms with Crippen molar-refractivity contribution in [2.75, 3.05) is 59.5 Å². The molecular formula is C18H26N4O5. The van der Waals surface area contributed by atoms with E-state index in [1.807, 2.05) is 12.1 Å². The van der Waals surface area contributed by atoms with Gasteiger partial charge >= 0.3 is 0 Å². The Bertz CT molecular complexity index is 732. The first-order valence-corrected chi connectivity index (χ1v) is 8.29. The molecule has 0 spiro atoms. The molecule has 0 unspecified atom stereocenters. The molecule has 0 atom stereocenters. The number of nitrogen functional groups attached to an aromatic ring is 1. The molecule has 0 amide bonds. The number of hydrogen-bond donors (Lipinski definition) is 1. The summed E-state index contributed by atoms with van der Waals surface area (Å²) in [4.78, 5) is 14.1. The lowest BCUT2D eigenvalue weighted by atomic mass is 10.1. The Morgan fingerprint density at radius 1 is 1.00 bits per heavy atom. The largest absolute Gasteiger partial charge is 0.493 e. The molecule has 2 rings (SSSR count). The maximum absolute atomic E-state index is 6.11. The molecule has 27 heavy (non-hydrogen) atoms. The molecule has 1 aromatic heterocycles. The highest BCUT2D eigenvalue weighted by atomic mass is 16.7. The molecule has 0 radical (unpaired) electrons. The van der Waals surface area contributed by atoms with Gasteiger partial charge in [-0.05, 0) is 17.7 Å². The molecule has 1 aromatic carbocycles. The Kier molecular flexibility index (Phi) is 7.44. The minimum absolute atomic E-state index is 0.371. The molecule has 9 nitrogen and oxygen atoms in total. The van der Waals surface area contributed by atoms with Gasteiger partial charge in [-0.3, -0.25) is 4.84 Å². The van der Waals surface area contributed by atoms with E-state index in [1.54, 1.807) is 41.7 Å². The van der Waals surface area contributed by atoms with Gasteiger partial charge in [0.25, 0.3) is 5.95 Å². The fraction of sp³-hybridized carbons (Fsp3) is 0.444. The zero-order valence-corrected chi connectivity index (χ0v) is 16.3. The predicted molar refractivity (Wildman–Crippen MR) is 102 cm³/mol. The van der Waals surface area contributed by atoms with Gasteiger partial charge in [0.15, 0.2) is 11.5 Å². The summed E-state index contributed by atoms with van der Waals surface area (Å²) in [6.07, 6.45) is 2.19. The van der Waals surface area contributed by atoms with Gasteiger partial charge in [-0.1, -0.05) is 0 Å². The minimum Gasteiger partial charge on any atom is -0.493 e. The first-order chi connectivity index (χ1) is 13.0. The summed E-state index contributed by atoms with van der Waals surface area (Å²) in [5.41, 5.74) is 7.82. The second-order valence-corrected chi connectivity index (χ2v) is 5.61. The van der Waals surface area contributed by atoms with Crippen LogP contribution in [0.5, 0.6) is 17.2 Å². The first kappa shape index (κ1) is 20.5. The van der Waals surface area contributed by atoms with Crippen LogP contribution < -0.4 is 25.0 Å². The molecule has 9 heteroatoms. The molecular weight excluding hydrogens is 352 g/mol. The van der Waals surface area contributed by atoms with Gasteiger partial charge in [0.2, 0.25) is 5.75 Å². The SMILES string of the molecule is COCCON(C)c1ncc(Cc2cc(OC)c(OC)c(OC)c2)c(N)n1. The Labute approximate surface area is 158 Å². The van der Waals surface area contributed by atoms with Gasteiger partial charge < -0.3 is 24.7 Å². The van der Waals surface area contributed by atoms with Gasteiger partial charge in [-0.2, -0.15) is 4.98 Å². The third-order valence-electron chi connectivity index (χ3n) is 3.86. The van der Waals surface area contributed by atoms with E-state index < -0.39 is 0 Å². The summed E-state index contributed by atoms with van der Waals surface area (Å²) in [5.74, 6) is 2.44. The smallest absolute Gasteiger partial charge is 0.251 e. The van der Waals surface area contributed by atoms with Crippen molar-refractivity contribution in [3.8, 4) is 17.2 Å². The number of hydroxylamine groups is 1. The number of nitrogens with zero attached hydrogens (tertiary/aromatic N) is 3. The second kappa shape index (κ2) is 9.79. The molecule has 2 aromatic rings. The highest BCUT2D eigenvalue weighted by Gasteiger charge is 2.15. The molecule has 0 saturated heterocycles. The quantitative estimate of drug-likeness (QED) is 0.489. The fourth-order valence-corrected chi connectivity index (χ4v) is 2.47. The van der Waals surface area contributed by atoms with E-state index in [2.05, 4.69) is 9.97 Å². The van der Waals surface area contributed by atoms with Crippen molar-refractivity contribution in [2.45, 2.75) is 6.42 Å². The molecule has 0 aliphatic heterocycles. The number of aromatic nitrogens is 2. The summed E-state index contributed by atoms with van der Waals surface area (Å²) in [6, 6.07) is 3.74. The van der Waals surface area contributed by atoms with Crippen molar-refractivity contribution < 1.29 is 23.8 Å². The lowest BCUT2D eigenvalue weighted by Crippen LogP contribution is -2.23. The number of benzene rings is 1. The first-order valence-electron chi connectivity index (χ1n) is 8.29. The number of hydrogen-bond acceptors (Lipinski definition) is 9. The lowest BCUT2D eigenvalue weighted by molar-refractivity contribution is 0.0607. The van der Waals surface area contributed by atoms with Crippen molar-refractivity contribution in [3.05, 3.63) is 29.5 Å². The highest BCUT2D eigenvalue weighted by Crippen LogP contribution is 2.38. The van der Waals surface area contributed by atoms with Gasteiger partial charge in [0.1, 0.15) is 5.82 Å². The maximum atomic E-state index is 6.11. The van der Waals surface area contributed by atoms with Crippen LogP contribution in [-0.2, 0) is 16.0 Å². The van der Waals surface area contributed by atoms with Crippen LogP contribution in [0, 0.1) is 0 Å². The number of rotatable bonds is 10. The van der Waals surface area contributed by atoms with E-state index >= 15 is 0 Å². The Hall–Kier alpha value is -2.78. The zero-order chi connectivity index (χ0) is 19.8. The lowest BCUT2D eigenvalue weighted by Gasteiger charge is -2.17. The van der Waals surface area contributed by atoms with Gasteiger partial charge in [-0.25, -0.2) is 10.0 Å². The normalized spacial score (nSPS) is 10.6. The number of anilines is 2. The van der Waals surface area contributed by atoms with Crippen LogP contribution in [-0.4, -0.2) is 58.7 Å². The summed E-state index contributed by atoms with van der Waals surface area (Å²) in [6.45, 7) is 0.864. The second-order valence-electron chi connectivity index (χ2n) is 5.61. The predicted octanol–water partition coefficient (Wildman–Crippen LogP) is 1.69. The summed E-state index contributed by atoms with van der Waals surface area (Å²) < 4.78 is 21.1. The van der Waals surface area contributed by atoms with E-state index in [4.69, 9.17) is 29.5 Å². The summed E-state index contributed by atoms with van der Waals surface area (Å²) in [7, 11) is 8.04. The van der Waals surface area contributed by atoms with Crippen LogP contribution in [0.4, 0.5) is 11.8 Å². The van der Waals surface area contributed by atoms with Crippen molar-refractivity contribution in [1.82, 2.24) is 9.97 Å². The summed E-state index contributed by atoms with van der Waals surface area (Å²) in [5, 5.41) is 1.46. The van der Waals surface area contributed by atoms with Crippen molar-refractivity contribution in [3.63, 3.8) is 0 Å². The van der Waals surface area contributed by atoms with Crippen molar-refractivity contribution in [1.29, 1.82) is 0 Å². The van der Waals surface area contributed by atoms with E-state index in [9.17, 15) is 0 Å². The van der Waals surface area contributed by atoms with Crippen LogP contribution in [0.2, 0.25) is 0 Å². The topological polar surface area (TPSA) is 101 Å². The molecule has 148 valence electrons. The van der Waals surface area contributed by atoms with Gasteiger partial charge in [0.05, 0.1) is 34.5 Å². The Morgan fingerprint density at radius 2 is 1.67 bits per heavy atom. The van der Waals surface area contributed by atoms with Crippen molar-refractivity contribution in [2.24, 2.45) is 0 Å². The third-order valence-corrected chi connectivity index (χ3v) is 3.86. The van der Waals surface area contributed by atoms with Crippen molar-refractivity contribution >= 4 is 11.8 Å². The van der Waals surface area contributed by atoms with Crippen LogP contribution >= 0.6 is 0 Å². The van der Waals surface area contributed by atoms with Gasteiger partial charge in [-0.15, -0.1) is 0 Å². The minimum atomic E-state index is 0.371. The average Bonchev–Trinajstić information content (AvgIpc) is 2.68. The van der Waals surface area contributed by atoms with E-state index in [-0.39, 0.29) is 0 Å². The van der Waals surface area contributed by atoms with Crippen LogP contribution in [0.1, 0.15) is 11.1 Å². The highest BCUT2D eigenvalue weighted by molar-refractivity contribution is 5.55. The number of ether oxygens (including phenoxy) is 4. The fourth-order valence-electron chi connectivity index (χ4n) is 2.47. The Morgan fingerprint density at radius 3 is 2.19 bits per heavy atom.